The molecule has 0 aromatic heterocycles. The van der Waals surface area contributed by atoms with Crippen LogP contribution in [-0.4, -0.2) is 29.4 Å². The Hall–Kier alpha value is -2.25. The first-order valence-corrected chi connectivity index (χ1v) is 5.54. The predicted octanol–water partition coefficient (Wildman–Crippen LogP) is 2.32. The number of rotatable bonds is 5. The fourth-order valence-corrected chi connectivity index (χ4v) is 1.34. The van der Waals surface area contributed by atoms with Crippen molar-refractivity contribution in [3.8, 4) is 0 Å². The van der Waals surface area contributed by atoms with E-state index in [0.717, 1.165) is 0 Å². The van der Waals surface area contributed by atoms with Crippen LogP contribution in [0.15, 0.2) is 30.3 Å². The summed E-state index contributed by atoms with van der Waals surface area (Å²) < 4.78 is 41.0. The van der Waals surface area contributed by atoms with Crippen LogP contribution < -0.4 is 5.32 Å². The molecule has 1 aromatic carbocycles. The van der Waals surface area contributed by atoms with Gasteiger partial charge in [0.05, 0.1) is 6.42 Å². The number of halogens is 3. The van der Waals surface area contributed by atoms with Crippen LogP contribution in [-0.2, 0) is 16.1 Å². The highest BCUT2D eigenvalue weighted by molar-refractivity contribution is 5.79. The zero-order valence-corrected chi connectivity index (χ0v) is 10.2. The van der Waals surface area contributed by atoms with Crippen LogP contribution >= 0.6 is 0 Å². The zero-order valence-electron chi connectivity index (χ0n) is 10.2. The third-order valence-electron chi connectivity index (χ3n) is 2.24. The van der Waals surface area contributed by atoms with Crippen molar-refractivity contribution in [2.45, 2.75) is 25.2 Å². The number of carbonyl (C=O) groups excluding carboxylic acids is 1. The summed E-state index contributed by atoms with van der Waals surface area (Å²) in [6, 6.07) is 6.36. The SMILES string of the molecule is O=C(N[C@@H](CC(F)(F)F)C(=O)O)OCc1ccccc1. The number of hydrogen-bond donors (Lipinski definition) is 2. The maximum absolute atomic E-state index is 12.1. The lowest BCUT2D eigenvalue weighted by molar-refractivity contribution is -0.158. The molecule has 1 rings (SSSR count). The van der Waals surface area contributed by atoms with Gasteiger partial charge in [0, 0.05) is 0 Å². The van der Waals surface area contributed by atoms with Crippen LogP contribution in [0.2, 0.25) is 0 Å². The molecule has 8 heteroatoms. The zero-order chi connectivity index (χ0) is 15.2. The van der Waals surface area contributed by atoms with E-state index in [1.165, 1.54) is 0 Å². The minimum atomic E-state index is -4.70. The number of aliphatic carboxylic acids is 1. The van der Waals surface area contributed by atoms with E-state index in [-0.39, 0.29) is 6.61 Å². The normalized spacial score (nSPS) is 12.6. The first kappa shape index (κ1) is 15.8. The highest BCUT2D eigenvalue weighted by atomic mass is 19.4. The molecule has 0 saturated heterocycles. The second-order valence-electron chi connectivity index (χ2n) is 3.92. The molecular weight excluding hydrogens is 279 g/mol. The number of alkyl halides is 3. The maximum atomic E-state index is 12.1. The molecule has 0 aliphatic rings. The Balaban J connectivity index is 2.48. The molecule has 0 unspecified atom stereocenters. The first-order valence-electron chi connectivity index (χ1n) is 5.54. The van der Waals surface area contributed by atoms with Crippen LogP contribution in [0, 0.1) is 0 Å². The molecule has 0 radical (unpaired) electrons. The largest absolute Gasteiger partial charge is 0.480 e. The molecule has 2 N–H and O–H groups in total. The van der Waals surface area contributed by atoms with Gasteiger partial charge in [-0.2, -0.15) is 13.2 Å². The summed E-state index contributed by atoms with van der Waals surface area (Å²) in [6.45, 7) is -0.162. The van der Waals surface area contributed by atoms with Crippen molar-refractivity contribution in [2.24, 2.45) is 0 Å². The standard InChI is InChI=1S/C12H12F3NO4/c13-12(14,15)6-9(10(17)18)16-11(19)20-7-8-4-2-1-3-5-8/h1-5,9H,6-7H2,(H,16,19)(H,17,18)/t9-/m0/s1. The van der Waals surface area contributed by atoms with E-state index < -0.39 is 30.7 Å². The molecule has 0 saturated carbocycles. The van der Waals surface area contributed by atoms with Gasteiger partial charge in [-0.3, -0.25) is 0 Å². The van der Waals surface area contributed by atoms with Gasteiger partial charge in [-0.25, -0.2) is 9.59 Å². The van der Waals surface area contributed by atoms with Crippen molar-refractivity contribution >= 4 is 12.1 Å². The number of hydrogen-bond acceptors (Lipinski definition) is 3. The third-order valence-corrected chi connectivity index (χ3v) is 2.24. The van der Waals surface area contributed by atoms with Crippen molar-refractivity contribution in [3.63, 3.8) is 0 Å². The molecular formula is C12H12F3NO4. The smallest absolute Gasteiger partial charge is 0.408 e. The predicted molar refractivity (Wildman–Crippen MR) is 61.9 cm³/mol. The van der Waals surface area contributed by atoms with Gasteiger partial charge >= 0.3 is 18.2 Å². The van der Waals surface area contributed by atoms with Gasteiger partial charge in [0.2, 0.25) is 0 Å². The Morgan fingerprint density at radius 3 is 2.35 bits per heavy atom. The van der Waals surface area contributed by atoms with E-state index in [2.05, 4.69) is 4.74 Å². The maximum Gasteiger partial charge on any atom is 0.408 e. The highest BCUT2D eigenvalue weighted by Crippen LogP contribution is 2.21. The lowest BCUT2D eigenvalue weighted by atomic mass is 10.2. The topological polar surface area (TPSA) is 75.6 Å². The second kappa shape index (κ2) is 6.78. The van der Waals surface area contributed by atoms with Crippen LogP contribution in [0.25, 0.3) is 0 Å². The van der Waals surface area contributed by atoms with Crippen LogP contribution in [0.4, 0.5) is 18.0 Å². The minimum Gasteiger partial charge on any atom is -0.480 e. The first-order chi connectivity index (χ1) is 9.28. The van der Waals surface area contributed by atoms with Gasteiger partial charge < -0.3 is 15.2 Å². The molecule has 1 aromatic rings. The summed E-state index contributed by atoms with van der Waals surface area (Å²) in [5.74, 6) is -1.78. The van der Waals surface area contributed by atoms with E-state index in [4.69, 9.17) is 5.11 Å². The van der Waals surface area contributed by atoms with E-state index in [1.807, 2.05) is 0 Å². The van der Waals surface area contributed by atoms with E-state index in [0.29, 0.717) is 5.56 Å². The molecule has 20 heavy (non-hydrogen) atoms. The van der Waals surface area contributed by atoms with Gasteiger partial charge in [-0.1, -0.05) is 30.3 Å². The Labute approximate surface area is 112 Å². The molecule has 0 heterocycles. The second-order valence-corrected chi connectivity index (χ2v) is 3.92. The quantitative estimate of drug-likeness (QED) is 0.873. The minimum absolute atomic E-state index is 0.162. The number of carboxylic acids is 1. The molecule has 110 valence electrons. The number of carbonyl (C=O) groups is 2. The van der Waals surface area contributed by atoms with Crippen LogP contribution in [0.5, 0.6) is 0 Å². The fourth-order valence-electron chi connectivity index (χ4n) is 1.34. The molecule has 5 nitrogen and oxygen atoms in total. The number of alkyl carbamates (subject to hydrolysis) is 1. The van der Waals surface area contributed by atoms with Crippen LogP contribution in [0.1, 0.15) is 12.0 Å². The van der Waals surface area contributed by atoms with Gasteiger partial charge in [-0.15, -0.1) is 0 Å². The highest BCUT2D eigenvalue weighted by Gasteiger charge is 2.36. The van der Waals surface area contributed by atoms with Crippen molar-refractivity contribution in [1.82, 2.24) is 5.32 Å². The van der Waals surface area contributed by atoms with Gasteiger partial charge in [0.1, 0.15) is 12.6 Å². The Kier molecular flexibility index (Phi) is 5.36. The lowest BCUT2D eigenvalue weighted by Crippen LogP contribution is -2.43. The van der Waals surface area contributed by atoms with Crippen molar-refractivity contribution in [1.29, 1.82) is 0 Å². The number of carboxylic acid groups (broad SMARTS) is 1. The summed E-state index contributed by atoms with van der Waals surface area (Å²) in [4.78, 5) is 21.9. The monoisotopic (exact) mass is 291 g/mol. The summed E-state index contributed by atoms with van der Waals surface area (Å²) in [6.07, 6.45) is -7.58. The number of ether oxygens (including phenoxy) is 1. The summed E-state index contributed by atoms with van der Waals surface area (Å²) >= 11 is 0. The molecule has 0 bridgehead atoms. The fraction of sp³-hybridized carbons (Fsp3) is 0.333. The van der Waals surface area contributed by atoms with Gasteiger partial charge in [0.15, 0.2) is 0 Å². The molecule has 1 atom stereocenters. The van der Waals surface area contributed by atoms with Crippen molar-refractivity contribution < 1.29 is 32.6 Å². The van der Waals surface area contributed by atoms with Crippen molar-refractivity contribution in [2.75, 3.05) is 0 Å². The molecule has 0 aliphatic heterocycles. The number of amides is 1. The number of benzene rings is 1. The van der Waals surface area contributed by atoms with E-state index in [1.54, 1.807) is 35.6 Å². The van der Waals surface area contributed by atoms with E-state index in [9.17, 15) is 22.8 Å². The molecule has 0 aliphatic carbocycles. The van der Waals surface area contributed by atoms with Gasteiger partial charge in [0.25, 0.3) is 0 Å². The Morgan fingerprint density at radius 2 is 1.85 bits per heavy atom. The summed E-state index contributed by atoms with van der Waals surface area (Å²) in [7, 11) is 0. The average molecular weight is 291 g/mol. The molecule has 0 fully saturated rings. The third kappa shape index (κ3) is 6.07. The van der Waals surface area contributed by atoms with Crippen LogP contribution in [0.3, 0.4) is 0 Å². The Bertz CT molecular complexity index is 462. The van der Waals surface area contributed by atoms with E-state index >= 15 is 0 Å². The molecule has 1 amide bonds. The average Bonchev–Trinajstić information content (AvgIpc) is 2.35. The van der Waals surface area contributed by atoms with Gasteiger partial charge in [-0.05, 0) is 5.56 Å². The van der Waals surface area contributed by atoms with Crippen molar-refractivity contribution in [3.05, 3.63) is 35.9 Å². The summed E-state index contributed by atoms with van der Waals surface area (Å²) in [5, 5.41) is 10.3. The number of nitrogens with one attached hydrogen (secondary N) is 1. The lowest BCUT2D eigenvalue weighted by Gasteiger charge is -2.16. The summed E-state index contributed by atoms with van der Waals surface area (Å²) in [5.41, 5.74) is 0.630. The molecule has 0 spiro atoms. The Morgan fingerprint density at radius 1 is 1.25 bits per heavy atom.